The number of rotatable bonds is 1. The van der Waals surface area contributed by atoms with Gasteiger partial charge in [0.1, 0.15) is 0 Å². The average Bonchev–Trinajstić information content (AvgIpc) is 2.22. The Morgan fingerprint density at radius 3 is 2.81 bits per heavy atom. The van der Waals surface area contributed by atoms with E-state index >= 15 is 0 Å². The van der Waals surface area contributed by atoms with Crippen LogP contribution in [0.5, 0.6) is 0 Å². The van der Waals surface area contributed by atoms with Crippen LogP contribution in [-0.2, 0) is 4.79 Å². The second-order valence-electron chi connectivity index (χ2n) is 3.33. The van der Waals surface area contributed by atoms with Crippen molar-refractivity contribution in [3.8, 4) is 0 Å². The lowest BCUT2D eigenvalue weighted by molar-refractivity contribution is -0.114. The Morgan fingerprint density at radius 1 is 1.38 bits per heavy atom. The van der Waals surface area contributed by atoms with Crippen LogP contribution in [0.15, 0.2) is 24.4 Å². The van der Waals surface area contributed by atoms with Gasteiger partial charge >= 0.3 is 0 Å². The van der Waals surface area contributed by atoms with E-state index in [9.17, 15) is 4.79 Å². The molecule has 3 nitrogen and oxygen atoms in total. The molecule has 0 atom stereocenters. The molecule has 0 aliphatic heterocycles. The molecule has 2 rings (SSSR count). The highest BCUT2D eigenvalue weighted by Gasteiger charge is 2.07. The van der Waals surface area contributed by atoms with Gasteiger partial charge in [0.2, 0.25) is 5.91 Å². The second-order valence-corrected chi connectivity index (χ2v) is 4.17. The van der Waals surface area contributed by atoms with Crippen molar-refractivity contribution >= 4 is 45.7 Å². The summed E-state index contributed by atoms with van der Waals surface area (Å²) in [6.07, 6.45) is 1.52. The normalized spacial score (nSPS) is 10.4. The van der Waals surface area contributed by atoms with Crippen molar-refractivity contribution in [1.82, 2.24) is 4.98 Å². The predicted molar refractivity (Wildman–Crippen MR) is 66.1 cm³/mol. The summed E-state index contributed by atoms with van der Waals surface area (Å²) in [4.78, 5) is 15.2. The molecule has 0 aliphatic carbocycles. The Hall–Kier alpha value is -1.32. The van der Waals surface area contributed by atoms with Crippen LogP contribution in [0.1, 0.15) is 6.92 Å². The first-order valence-electron chi connectivity index (χ1n) is 4.59. The smallest absolute Gasteiger partial charge is 0.221 e. The molecule has 2 aromatic rings. The Kier molecular flexibility index (Phi) is 2.99. The molecule has 16 heavy (non-hydrogen) atoms. The first kappa shape index (κ1) is 11.2. The fourth-order valence-electron chi connectivity index (χ4n) is 1.45. The summed E-state index contributed by atoms with van der Waals surface area (Å²) in [5.74, 6) is -0.152. The average molecular weight is 255 g/mol. The first-order chi connectivity index (χ1) is 7.58. The molecule has 0 spiro atoms. The summed E-state index contributed by atoms with van der Waals surface area (Å²) in [5.41, 5.74) is 1.26. The maximum absolute atomic E-state index is 11.0. The van der Waals surface area contributed by atoms with E-state index in [0.29, 0.717) is 21.2 Å². The lowest BCUT2D eigenvalue weighted by Gasteiger charge is -2.07. The summed E-state index contributed by atoms with van der Waals surface area (Å²) in [6.45, 7) is 1.44. The summed E-state index contributed by atoms with van der Waals surface area (Å²) in [5, 5.41) is 4.48. The van der Waals surface area contributed by atoms with E-state index in [1.54, 1.807) is 18.2 Å². The highest BCUT2D eigenvalue weighted by Crippen LogP contribution is 2.29. The molecule has 1 aromatic heterocycles. The third-order valence-electron chi connectivity index (χ3n) is 2.07. The van der Waals surface area contributed by atoms with Gasteiger partial charge < -0.3 is 5.32 Å². The number of hydrogen-bond donors (Lipinski definition) is 1. The number of benzene rings is 1. The van der Waals surface area contributed by atoms with Crippen LogP contribution >= 0.6 is 23.2 Å². The van der Waals surface area contributed by atoms with Crippen molar-refractivity contribution in [2.24, 2.45) is 0 Å². The highest BCUT2D eigenvalue weighted by molar-refractivity contribution is 6.37. The number of anilines is 1. The van der Waals surface area contributed by atoms with E-state index < -0.39 is 0 Å². The molecule has 1 heterocycles. The van der Waals surface area contributed by atoms with Crippen LogP contribution in [0.3, 0.4) is 0 Å². The lowest BCUT2D eigenvalue weighted by Crippen LogP contribution is -2.06. The number of carbonyl (C=O) groups excluding carboxylic acids is 1. The van der Waals surface area contributed by atoms with E-state index in [1.807, 2.05) is 0 Å². The van der Waals surface area contributed by atoms with Crippen LogP contribution in [-0.4, -0.2) is 10.9 Å². The SMILES string of the molecule is CC(=O)Nc1ccc(Cl)c2cc(Cl)cnc12. The van der Waals surface area contributed by atoms with Gasteiger partial charge in [-0.15, -0.1) is 0 Å². The maximum atomic E-state index is 11.0. The Morgan fingerprint density at radius 2 is 2.12 bits per heavy atom. The number of amides is 1. The minimum atomic E-state index is -0.152. The molecule has 0 fully saturated rings. The Bertz CT molecular complexity index is 569. The van der Waals surface area contributed by atoms with E-state index in [2.05, 4.69) is 10.3 Å². The molecule has 0 aliphatic rings. The van der Waals surface area contributed by atoms with Gasteiger partial charge in [-0.1, -0.05) is 23.2 Å². The third kappa shape index (κ3) is 2.10. The quantitative estimate of drug-likeness (QED) is 0.847. The zero-order valence-corrected chi connectivity index (χ0v) is 9.93. The monoisotopic (exact) mass is 254 g/mol. The Labute approximate surface area is 102 Å². The molecular weight excluding hydrogens is 247 g/mol. The van der Waals surface area contributed by atoms with Crippen LogP contribution < -0.4 is 5.32 Å². The molecule has 0 saturated heterocycles. The third-order valence-corrected chi connectivity index (χ3v) is 2.61. The van der Waals surface area contributed by atoms with Crippen molar-refractivity contribution in [3.63, 3.8) is 0 Å². The number of halogens is 2. The van der Waals surface area contributed by atoms with Gasteiger partial charge in [-0.05, 0) is 18.2 Å². The van der Waals surface area contributed by atoms with Crippen molar-refractivity contribution in [2.45, 2.75) is 6.92 Å². The van der Waals surface area contributed by atoms with Crippen molar-refractivity contribution in [3.05, 3.63) is 34.4 Å². The highest BCUT2D eigenvalue weighted by atomic mass is 35.5. The molecule has 1 aromatic carbocycles. The first-order valence-corrected chi connectivity index (χ1v) is 5.35. The molecule has 1 N–H and O–H groups in total. The molecule has 0 bridgehead atoms. The fraction of sp³-hybridized carbons (Fsp3) is 0.0909. The summed E-state index contributed by atoms with van der Waals surface area (Å²) >= 11 is 11.9. The summed E-state index contributed by atoms with van der Waals surface area (Å²) in [7, 11) is 0. The molecule has 1 amide bonds. The largest absolute Gasteiger partial charge is 0.324 e. The van der Waals surface area contributed by atoms with Crippen LogP contribution in [0.4, 0.5) is 5.69 Å². The number of aromatic nitrogens is 1. The minimum Gasteiger partial charge on any atom is -0.324 e. The minimum absolute atomic E-state index is 0.152. The van der Waals surface area contributed by atoms with E-state index in [1.165, 1.54) is 13.1 Å². The van der Waals surface area contributed by atoms with Gasteiger partial charge in [-0.3, -0.25) is 9.78 Å². The van der Waals surface area contributed by atoms with E-state index in [-0.39, 0.29) is 5.91 Å². The van der Waals surface area contributed by atoms with Crippen molar-refractivity contribution in [1.29, 1.82) is 0 Å². The fourth-order valence-corrected chi connectivity index (χ4v) is 1.82. The molecular formula is C11H8Cl2N2O. The zero-order valence-electron chi connectivity index (χ0n) is 8.42. The molecule has 0 saturated carbocycles. The number of nitrogens with zero attached hydrogens (tertiary/aromatic N) is 1. The van der Waals surface area contributed by atoms with Gasteiger partial charge in [0.15, 0.2) is 0 Å². The van der Waals surface area contributed by atoms with Crippen molar-refractivity contribution < 1.29 is 4.79 Å². The maximum Gasteiger partial charge on any atom is 0.221 e. The van der Waals surface area contributed by atoms with E-state index in [0.717, 1.165) is 5.39 Å². The van der Waals surface area contributed by atoms with Gasteiger partial charge in [0.05, 0.1) is 21.2 Å². The molecule has 82 valence electrons. The van der Waals surface area contributed by atoms with Gasteiger partial charge in [0.25, 0.3) is 0 Å². The molecule has 5 heteroatoms. The number of hydrogen-bond acceptors (Lipinski definition) is 2. The molecule has 0 unspecified atom stereocenters. The zero-order chi connectivity index (χ0) is 11.7. The van der Waals surface area contributed by atoms with Crippen LogP contribution in [0, 0.1) is 0 Å². The predicted octanol–water partition coefficient (Wildman–Crippen LogP) is 3.50. The van der Waals surface area contributed by atoms with Gasteiger partial charge in [-0.2, -0.15) is 0 Å². The standard InChI is InChI=1S/C11H8Cl2N2O/c1-6(16)15-10-3-2-9(13)8-4-7(12)5-14-11(8)10/h2-5H,1H3,(H,15,16). The van der Waals surface area contributed by atoms with E-state index in [4.69, 9.17) is 23.2 Å². The second kappa shape index (κ2) is 4.28. The number of pyridine rings is 1. The van der Waals surface area contributed by atoms with Crippen LogP contribution in [0.2, 0.25) is 10.0 Å². The molecule has 0 radical (unpaired) electrons. The number of carbonyl (C=O) groups is 1. The van der Waals surface area contributed by atoms with Gasteiger partial charge in [-0.25, -0.2) is 0 Å². The number of fused-ring (bicyclic) bond motifs is 1. The van der Waals surface area contributed by atoms with Crippen molar-refractivity contribution in [2.75, 3.05) is 5.32 Å². The lowest BCUT2D eigenvalue weighted by atomic mass is 10.2. The number of nitrogens with one attached hydrogen (secondary N) is 1. The topological polar surface area (TPSA) is 42.0 Å². The summed E-state index contributed by atoms with van der Waals surface area (Å²) in [6, 6.07) is 5.14. The van der Waals surface area contributed by atoms with Gasteiger partial charge in [0, 0.05) is 18.5 Å². The Balaban J connectivity index is 2.68. The van der Waals surface area contributed by atoms with Crippen LogP contribution in [0.25, 0.3) is 10.9 Å². The summed E-state index contributed by atoms with van der Waals surface area (Å²) < 4.78 is 0.